The number of hydrogen-bond acceptors (Lipinski definition) is 4. The number of hydrogen-bond donors (Lipinski definition) is 0. The average Bonchev–Trinajstić information content (AvgIpc) is 2.62. The van der Waals surface area contributed by atoms with Gasteiger partial charge in [-0.15, -0.1) is 16.9 Å². The van der Waals surface area contributed by atoms with E-state index in [0.29, 0.717) is 5.92 Å². The van der Waals surface area contributed by atoms with Crippen LogP contribution in [0.2, 0.25) is 0 Å². The molecule has 0 amide bonds. The molecular formula is C9H14N4S. The van der Waals surface area contributed by atoms with Gasteiger partial charge in [-0.1, -0.05) is 20.8 Å². The highest BCUT2D eigenvalue weighted by Crippen LogP contribution is 2.35. The second-order valence-electron chi connectivity index (χ2n) is 3.59. The van der Waals surface area contributed by atoms with E-state index < -0.39 is 0 Å². The summed E-state index contributed by atoms with van der Waals surface area (Å²) in [5.41, 5.74) is 0. The van der Waals surface area contributed by atoms with Crippen LogP contribution in [0.4, 0.5) is 5.82 Å². The van der Waals surface area contributed by atoms with Gasteiger partial charge >= 0.3 is 0 Å². The van der Waals surface area contributed by atoms with Crippen LogP contribution in [0.15, 0.2) is 21.3 Å². The maximum absolute atomic E-state index is 4.48. The molecule has 0 bridgehead atoms. The van der Waals surface area contributed by atoms with Crippen molar-refractivity contribution in [2.45, 2.75) is 32.0 Å². The first-order valence-corrected chi connectivity index (χ1v) is 5.84. The Morgan fingerprint density at radius 3 is 3.00 bits per heavy atom. The molecule has 0 saturated carbocycles. The van der Waals surface area contributed by atoms with Crippen LogP contribution in [-0.2, 0) is 0 Å². The van der Waals surface area contributed by atoms with E-state index in [1.54, 1.807) is 11.8 Å². The van der Waals surface area contributed by atoms with E-state index in [0.717, 1.165) is 16.6 Å². The van der Waals surface area contributed by atoms with Crippen molar-refractivity contribution in [3.8, 4) is 0 Å². The molecule has 0 radical (unpaired) electrons. The monoisotopic (exact) mass is 210 g/mol. The number of thioether (sulfide) groups is 1. The number of azo groups is 1. The van der Waals surface area contributed by atoms with Crippen LogP contribution >= 0.6 is 11.8 Å². The first-order valence-electron chi connectivity index (χ1n) is 4.85. The SMILES string of the molecule is CCSc1cc2n(n1)C(C(C)C)N=N2. The Bertz CT molecular complexity index is 356. The van der Waals surface area contributed by atoms with Crippen molar-refractivity contribution in [3.05, 3.63) is 6.07 Å². The predicted octanol–water partition coefficient (Wildman–Crippen LogP) is 3.25. The minimum atomic E-state index is 0.0937. The maximum atomic E-state index is 4.48. The van der Waals surface area contributed by atoms with Crippen molar-refractivity contribution >= 4 is 17.6 Å². The van der Waals surface area contributed by atoms with Crippen LogP contribution in [0.3, 0.4) is 0 Å². The molecule has 0 N–H and O–H groups in total. The third-order valence-corrected chi connectivity index (χ3v) is 2.90. The van der Waals surface area contributed by atoms with Gasteiger partial charge in [-0.3, -0.25) is 0 Å². The largest absolute Gasteiger partial charge is 0.218 e. The van der Waals surface area contributed by atoms with Crippen LogP contribution in [0.1, 0.15) is 26.9 Å². The number of aromatic nitrogens is 2. The van der Waals surface area contributed by atoms with Crippen LogP contribution in [-0.4, -0.2) is 15.5 Å². The molecule has 1 unspecified atom stereocenters. The first-order chi connectivity index (χ1) is 6.72. The van der Waals surface area contributed by atoms with Gasteiger partial charge in [0.2, 0.25) is 0 Å². The van der Waals surface area contributed by atoms with Gasteiger partial charge in [0, 0.05) is 6.07 Å². The highest BCUT2D eigenvalue weighted by Gasteiger charge is 2.24. The molecule has 0 fully saturated rings. The lowest BCUT2D eigenvalue weighted by Gasteiger charge is -2.10. The first kappa shape index (κ1) is 9.71. The van der Waals surface area contributed by atoms with E-state index in [-0.39, 0.29) is 6.17 Å². The molecule has 1 aliphatic rings. The lowest BCUT2D eigenvalue weighted by atomic mass is 10.2. The van der Waals surface area contributed by atoms with Crippen LogP contribution in [0.25, 0.3) is 0 Å². The molecular weight excluding hydrogens is 196 g/mol. The van der Waals surface area contributed by atoms with Gasteiger partial charge in [-0.05, 0) is 11.7 Å². The smallest absolute Gasteiger partial charge is 0.175 e. The van der Waals surface area contributed by atoms with Crippen molar-refractivity contribution in [2.24, 2.45) is 16.1 Å². The molecule has 1 atom stereocenters. The summed E-state index contributed by atoms with van der Waals surface area (Å²) >= 11 is 1.74. The summed E-state index contributed by atoms with van der Waals surface area (Å²) in [5.74, 6) is 2.37. The molecule has 0 aromatic carbocycles. The molecule has 1 aromatic rings. The van der Waals surface area contributed by atoms with Crippen LogP contribution < -0.4 is 0 Å². The number of rotatable bonds is 3. The molecule has 76 valence electrons. The molecule has 0 aliphatic carbocycles. The topological polar surface area (TPSA) is 42.5 Å². The Morgan fingerprint density at radius 2 is 2.36 bits per heavy atom. The van der Waals surface area contributed by atoms with Gasteiger partial charge in [0.15, 0.2) is 12.0 Å². The summed E-state index contributed by atoms with van der Waals surface area (Å²) in [5, 5.41) is 13.8. The summed E-state index contributed by atoms with van der Waals surface area (Å²) < 4.78 is 1.92. The van der Waals surface area contributed by atoms with Crippen molar-refractivity contribution in [3.63, 3.8) is 0 Å². The zero-order valence-electron chi connectivity index (χ0n) is 8.64. The molecule has 2 rings (SSSR count). The summed E-state index contributed by atoms with van der Waals surface area (Å²) in [7, 11) is 0. The van der Waals surface area contributed by atoms with E-state index in [9.17, 15) is 0 Å². The van der Waals surface area contributed by atoms with E-state index in [1.165, 1.54) is 0 Å². The Kier molecular flexibility index (Phi) is 2.58. The second kappa shape index (κ2) is 3.73. The second-order valence-corrected chi connectivity index (χ2v) is 4.88. The van der Waals surface area contributed by atoms with Crippen molar-refractivity contribution < 1.29 is 0 Å². The number of fused-ring (bicyclic) bond motifs is 1. The molecule has 0 saturated heterocycles. The van der Waals surface area contributed by atoms with Gasteiger partial charge in [-0.25, -0.2) is 4.68 Å². The standard InChI is InChI=1S/C9H14N4S/c1-4-14-8-5-7-10-11-9(6(2)3)13(7)12-8/h5-6,9H,4H2,1-3H3. The molecule has 0 spiro atoms. The minimum Gasteiger partial charge on any atom is -0.218 e. The fourth-order valence-electron chi connectivity index (χ4n) is 1.43. The Morgan fingerprint density at radius 1 is 1.57 bits per heavy atom. The maximum Gasteiger partial charge on any atom is 0.175 e. The van der Waals surface area contributed by atoms with E-state index in [1.807, 2.05) is 10.7 Å². The molecule has 5 heteroatoms. The van der Waals surface area contributed by atoms with E-state index in [4.69, 9.17) is 0 Å². The van der Waals surface area contributed by atoms with E-state index >= 15 is 0 Å². The molecule has 2 heterocycles. The average molecular weight is 210 g/mol. The summed E-state index contributed by atoms with van der Waals surface area (Å²) in [6.07, 6.45) is 0.0937. The zero-order chi connectivity index (χ0) is 10.1. The fourth-order valence-corrected chi connectivity index (χ4v) is 2.06. The lowest BCUT2D eigenvalue weighted by molar-refractivity contribution is 0.370. The van der Waals surface area contributed by atoms with Gasteiger partial charge in [0.1, 0.15) is 5.03 Å². The zero-order valence-corrected chi connectivity index (χ0v) is 9.45. The lowest BCUT2D eigenvalue weighted by Crippen LogP contribution is -2.10. The van der Waals surface area contributed by atoms with Crippen LogP contribution in [0, 0.1) is 5.92 Å². The quantitative estimate of drug-likeness (QED) is 0.719. The summed E-state index contributed by atoms with van der Waals surface area (Å²) in [4.78, 5) is 0. The molecule has 1 aromatic heterocycles. The van der Waals surface area contributed by atoms with Gasteiger partial charge < -0.3 is 0 Å². The third kappa shape index (κ3) is 1.56. The van der Waals surface area contributed by atoms with Crippen molar-refractivity contribution in [2.75, 3.05) is 5.75 Å². The van der Waals surface area contributed by atoms with E-state index in [2.05, 4.69) is 36.1 Å². The molecule has 1 aliphatic heterocycles. The normalized spacial score (nSPS) is 19.3. The van der Waals surface area contributed by atoms with Gasteiger partial charge in [-0.2, -0.15) is 10.2 Å². The Balaban J connectivity index is 2.26. The highest BCUT2D eigenvalue weighted by atomic mass is 32.2. The molecule has 4 nitrogen and oxygen atoms in total. The van der Waals surface area contributed by atoms with Crippen molar-refractivity contribution in [1.29, 1.82) is 0 Å². The van der Waals surface area contributed by atoms with Crippen molar-refractivity contribution in [1.82, 2.24) is 9.78 Å². The molecule has 14 heavy (non-hydrogen) atoms. The highest BCUT2D eigenvalue weighted by molar-refractivity contribution is 7.99. The summed E-state index contributed by atoms with van der Waals surface area (Å²) in [6.45, 7) is 6.39. The fraction of sp³-hybridized carbons (Fsp3) is 0.667. The minimum absolute atomic E-state index is 0.0937. The number of nitrogens with zero attached hydrogens (tertiary/aromatic N) is 4. The Hall–Kier alpha value is -0.840. The van der Waals surface area contributed by atoms with Gasteiger partial charge in [0.25, 0.3) is 0 Å². The Labute approximate surface area is 87.8 Å². The van der Waals surface area contributed by atoms with Gasteiger partial charge in [0.05, 0.1) is 0 Å². The third-order valence-electron chi connectivity index (χ3n) is 2.11. The van der Waals surface area contributed by atoms with Crippen LogP contribution in [0.5, 0.6) is 0 Å². The predicted molar refractivity (Wildman–Crippen MR) is 57.0 cm³/mol. The summed E-state index contributed by atoms with van der Waals surface area (Å²) in [6, 6.07) is 2.00.